The number of nitrogens with zero attached hydrogens (tertiary/aromatic N) is 1. The number of rotatable bonds is 10. The average Bonchev–Trinajstić information content (AvgIpc) is 2.70. The topological polar surface area (TPSA) is 80.6 Å². The fourth-order valence-corrected chi connectivity index (χ4v) is 2.67. The number of halogens is 1. The maximum absolute atomic E-state index is 12.6. The van der Waals surface area contributed by atoms with Crippen LogP contribution in [0.15, 0.2) is 36.4 Å². The van der Waals surface area contributed by atoms with E-state index in [9.17, 15) is 4.79 Å². The van der Waals surface area contributed by atoms with Crippen LogP contribution in [0.4, 0.5) is 5.69 Å². The summed E-state index contributed by atoms with van der Waals surface area (Å²) >= 11 is 6.28. The summed E-state index contributed by atoms with van der Waals surface area (Å²) in [7, 11) is 1.50. The van der Waals surface area contributed by atoms with Crippen molar-refractivity contribution < 1.29 is 19.0 Å². The van der Waals surface area contributed by atoms with E-state index in [1.165, 1.54) is 7.11 Å². The van der Waals surface area contributed by atoms with Crippen LogP contribution in [0.25, 0.3) is 0 Å². The molecule has 0 bridgehead atoms. The van der Waals surface area contributed by atoms with E-state index < -0.39 is 0 Å². The molecule has 6 nitrogen and oxygen atoms in total. The number of ether oxygens (including phenoxy) is 3. The number of carbonyl (C=O) groups excluding carboxylic acids is 1. The molecule has 7 heteroatoms. The highest BCUT2D eigenvalue weighted by atomic mass is 35.5. The number of anilines is 1. The summed E-state index contributed by atoms with van der Waals surface area (Å²) in [6.07, 6.45) is 1.92. The Balaban J connectivity index is 2.10. The second-order valence-electron chi connectivity index (χ2n) is 5.93. The number of amides is 1. The van der Waals surface area contributed by atoms with Crippen molar-refractivity contribution in [3.05, 3.63) is 47.0 Å². The smallest absolute Gasteiger partial charge is 0.255 e. The molecule has 0 saturated heterocycles. The van der Waals surface area contributed by atoms with Crippen LogP contribution in [0.5, 0.6) is 17.2 Å². The van der Waals surface area contributed by atoms with E-state index in [0.717, 1.165) is 6.42 Å². The number of hydrogen-bond acceptors (Lipinski definition) is 5. The third kappa shape index (κ3) is 6.07. The summed E-state index contributed by atoms with van der Waals surface area (Å²) in [4.78, 5) is 12.6. The Labute approximate surface area is 170 Å². The number of hydrogen-bond donors (Lipinski definition) is 1. The van der Waals surface area contributed by atoms with Gasteiger partial charge in [0.2, 0.25) is 0 Å². The lowest BCUT2D eigenvalue weighted by Crippen LogP contribution is -2.12. The normalized spacial score (nSPS) is 10.1. The Morgan fingerprint density at radius 1 is 1.21 bits per heavy atom. The van der Waals surface area contributed by atoms with Crippen LogP contribution >= 0.6 is 11.6 Å². The molecule has 0 aromatic heterocycles. The van der Waals surface area contributed by atoms with Gasteiger partial charge in [-0.15, -0.1) is 0 Å². The monoisotopic (exact) mass is 402 g/mol. The molecule has 2 rings (SSSR count). The van der Waals surface area contributed by atoms with Crippen molar-refractivity contribution in [2.45, 2.75) is 26.2 Å². The standard InChI is InChI=1S/C21H23ClN2O4/c1-3-10-28-20-18(22)12-15(13-19(20)26-2)21(25)24-16-7-6-8-17(14-16)27-11-5-4-9-23/h6-8,12-14H,3-5,10-11H2,1-2H3,(H,24,25). The number of nitriles is 1. The van der Waals surface area contributed by atoms with Crippen LogP contribution in [0, 0.1) is 11.3 Å². The van der Waals surface area contributed by atoms with Crippen LogP contribution in [-0.4, -0.2) is 26.2 Å². The zero-order valence-corrected chi connectivity index (χ0v) is 16.7. The molecule has 0 aliphatic heterocycles. The molecule has 0 unspecified atom stereocenters. The first-order valence-corrected chi connectivity index (χ1v) is 9.38. The zero-order chi connectivity index (χ0) is 20.4. The first-order valence-electron chi connectivity index (χ1n) is 9.00. The van der Waals surface area contributed by atoms with E-state index in [2.05, 4.69) is 11.4 Å². The molecule has 1 N–H and O–H groups in total. The molecule has 0 saturated carbocycles. The van der Waals surface area contributed by atoms with Gasteiger partial charge in [-0.2, -0.15) is 5.26 Å². The Kier molecular flexibility index (Phi) is 8.44. The SMILES string of the molecule is CCCOc1c(Cl)cc(C(=O)Nc2cccc(OCCCC#N)c2)cc1OC. The lowest BCUT2D eigenvalue weighted by molar-refractivity contribution is 0.102. The molecule has 0 aliphatic carbocycles. The highest BCUT2D eigenvalue weighted by molar-refractivity contribution is 6.32. The van der Waals surface area contributed by atoms with E-state index in [-0.39, 0.29) is 5.91 Å². The minimum absolute atomic E-state index is 0.313. The highest BCUT2D eigenvalue weighted by Gasteiger charge is 2.16. The van der Waals surface area contributed by atoms with Gasteiger partial charge in [0.25, 0.3) is 5.91 Å². The number of benzene rings is 2. The van der Waals surface area contributed by atoms with Gasteiger partial charge in [-0.25, -0.2) is 0 Å². The molecule has 148 valence electrons. The van der Waals surface area contributed by atoms with Crippen molar-refractivity contribution in [1.82, 2.24) is 0 Å². The van der Waals surface area contributed by atoms with Crippen molar-refractivity contribution in [1.29, 1.82) is 5.26 Å². The minimum Gasteiger partial charge on any atom is -0.493 e. The van der Waals surface area contributed by atoms with Crippen LogP contribution in [0.1, 0.15) is 36.5 Å². The van der Waals surface area contributed by atoms with Gasteiger partial charge >= 0.3 is 0 Å². The lowest BCUT2D eigenvalue weighted by Gasteiger charge is -2.14. The molecule has 2 aromatic rings. The quantitative estimate of drug-likeness (QED) is 0.561. The maximum Gasteiger partial charge on any atom is 0.255 e. The van der Waals surface area contributed by atoms with Crippen LogP contribution in [-0.2, 0) is 0 Å². The number of methoxy groups -OCH3 is 1. The molecule has 1 amide bonds. The molecule has 28 heavy (non-hydrogen) atoms. The second kappa shape index (κ2) is 11.1. The zero-order valence-electron chi connectivity index (χ0n) is 16.0. The molecule has 0 fully saturated rings. The van der Waals surface area contributed by atoms with E-state index in [0.29, 0.717) is 59.6 Å². The third-order valence-corrected chi connectivity index (χ3v) is 4.02. The summed E-state index contributed by atoms with van der Waals surface area (Å²) in [5, 5.41) is 11.7. The Morgan fingerprint density at radius 2 is 2.04 bits per heavy atom. The largest absolute Gasteiger partial charge is 0.493 e. The Morgan fingerprint density at radius 3 is 2.75 bits per heavy atom. The first-order chi connectivity index (χ1) is 13.6. The van der Waals surface area contributed by atoms with Crippen molar-refractivity contribution in [3.8, 4) is 23.3 Å². The molecular formula is C21H23ClN2O4. The minimum atomic E-state index is -0.330. The van der Waals surface area contributed by atoms with E-state index >= 15 is 0 Å². The third-order valence-electron chi connectivity index (χ3n) is 3.74. The number of nitrogens with one attached hydrogen (secondary N) is 1. The molecule has 0 atom stereocenters. The van der Waals surface area contributed by atoms with Crippen molar-refractivity contribution in [3.63, 3.8) is 0 Å². The molecule has 0 radical (unpaired) electrons. The average molecular weight is 403 g/mol. The van der Waals surface area contributed by atoms with Crippen molar-refractivity contribution in [2.24, 2.45) is 0 Å². The molecule has 2 aromatic carbocycles. The van der Waals surface area contributed by atoms with Crippen LogP contribution in [0.3, 0.4) is 0 Å². The Hall–Kier alpha value is -2.91. The first kappa shape index (κ1) is 21.4. The van der Waals surface area contributed by atoms with Gasteiger partial charge < -0.3 is 19.5 Å². The van der Waals surface area contributed by atoms with Gasteiger partial charge in [0.15, 0.2) is 11.5 Å². The fraction of sp³-hybridized carbons (Fsp3) is 0.333. The molecular weight excluding hydrogens is 380 g/mol. The second-order valence-corrected chi connectivity index (χ2v) is 6.34. The molecule has 0 heterocycles. The lowest BCUT2D eigenvalue weighted by atomic mass is 10.1. The predicted octanol–water partition coefficient (Wildman–Crippen LogP) is 5.07. The van der Waals surface area contributed by atoms with E-state index in [1.807, 2.05) is 6.92 Å². The van der Waals surface area contributed by atoms with E-state index in [1.54, 1.807) is 36.4 Å². The summed E-state index contributed by atoms with van der Waals surface area (Å²) < 4.78 is 16.5. The van der Waals surface area contributed by atoms with Gasteiger partial charge in [0, 0.05) is 23.7 Å². The Bertz CT molecular complexity index is 849. The van der Waals surface area contributed by atoms with E-state index in [4.69, 9.17) is 31.1 Å². The maximum atomic E-state index is 12.6. The van der Waals surface area contributed by atoms with Gasteiger partial charge in [0.05, 0.1) is 31.4 Å². The summed E-state index contributed by atoms with van der Waals surface area (Å²) in [6, 6.07) is 12.3. The summed E-state index contributed by atoms with van der Waals surface area (Å²) in [6.45, 7) is 2.93. The van der Waals surface area contributed by atoms with Gasteiger partial charge in [0.1, 0.15) is 5.75 Å². The van der Waals surface area contributed by atoms with Crippen molar-refractivity contribution >= 4 is 23.2 Å². The van der Waals surface area contributed by atoms with Gasteiger partial charge in [-0.05, 0) is 37.1 Å². The summed E-state index contributed by atoms with van der Waals surface area (Å²) in [5.74, 6) is 1.12. The van der Waals surface area contributed by atoms with Gasteiger partial charge in [-0.1, -0.05) is 24.6 Å². The fourth-order valence-electron chi connectivity index (χ4n) is 2.40. The number of carbonyl (C=O) groups is 1. The van der Waals surface area contributed by atoms with Crippen LogP contribution < -0.4 is 19.5 Å². The highest BCUT2D eigenvalue weighted by Crippen LogP contribution is 2.36. The molecule has 0 aliphatic rings. The molecule has 0 spiro atoms. The van der Waals surface area contributed by atoms with Crippen LogP contribution in [0.2, 0.25) is 5.02 Å². The predicted molar refractivity (Wildman–Crippen MR) is 109 cm³/mol. The van der Waals surface area contributed by atoms with Gasteiger partial charge in [-0.3, -0.25) is 4.79 Å². The summed E-state index contributed by atoms with van der Waals surface area (Å²) in [5.41, 5.74) is 0.940. The van der Waals surface area contributed by atoms with Crippen molar-refractivity contribution in [2.75, 3.05) is 25.6 Å². The number of unbranched alkanes of at least 4 members (excludes halogenated alkanes) is 1.